The summed E-state index contributed by atoms with van der Waals surface area (Å²) in [6.45, 7) is 4.18. The summed E-state index contributed by atoms with van der Waals surface area (Å²) in [5, 5.41) is 8.79. The standard InChI is InChI=1S/C20H42O4S.K/c1-3-5-6-7-8-9-10-14-17-20(25(22,23)24)18-15-12-11-13-16-19(21)4-2;/h19-21H,3-18H2,1-2H3,(H,22,23,24);/q;+1/p-1. The Hall–Kier alpha value is 1.51. The zero-order valence-electron chi connectivity index (χ0n) is 17.5. The summed E-state index contributed by atoms with van der Waals surface area (Å²) in [6.07, 6.45) is 15.5. The maximum Gasteiger partial charge on any atom is 1.00 e. The fourth-order valence-electron chi connectivity index (χ4n) is 3.25. The van der Waals surface area contributed by atoms with Gasteiger partial charge in [-0.05, 0) is 25.7 Å². The molecule has 1 N–H and O–H groups in total. The quantitative estimate of drug-likeness (QED) is 0.212. The number of aliphatic hydroxyl groups is 1. The van der Waals surface area contributed by atoms with Crippen molar-refractivity contribution >= 4 is 10.1 Å². The Kier molecular flexibility index (Phi) is 22.6. The van der Waals surface area contributed by atoms with Crippen molar-refractivity contribution in [3.8, 4) is 0 Å². The van der Waals surface area contributed by atoms with Gasteiger partial charge in [-0.2, -0.15) is 0 Å². The average Bonchev–Trinajstić information content (AvgIpc) is 2.56. The van der Waals surface area contributed by atoms with Crippen molar-refractivity contribution in [2.75, 3.05) is 0 Å². The van der Waals surface area contributed by atoms with Crippen LogP contribution in [0.3, 0.4) is 0 Å². The summed E-state index contributed by atoms with van der Waals surface area (Å²) < 4.78 is 34.3. The SMILES string of the molecule is CCCCCCCCCCC(CCCCCCC(O)CC)S(=O)(=O)[O-].[K+]. The van der Waals surface area contributed by atoms with Crippen LogP contribution in [-0.2, 0) is 10.1 Å². The summed E-state index contributed by atoms with van der Waals surface area (Å²) in [6, 6.07) is 0. The Morgan fingerprint density at radius 1 is 0.731 bits per heavy atom. The Morgan fingerprint density at radius 2 is 1.12 bits per heavy atom. The third-order valence-electron chi connectivity index (χ3n) is 5.07. The molecule has 4 nitrogen and oxygen atoms in total. The van der Waals surface area contributed by atoms with Crippen LogP contribution in [0, 0.1) is 0 Å². The fraction of sp³-hybridized carbons (Fsp3) is 1.00. The molecule has 0 heterocycles. The van der Waals surface area contributed by atoms with Gasteiger partial charge in [0, 0.05) is 5.25 Å². The van der Waals surface area contributed by atoms with E-state index in [1.165, 1.54) is 32.1 Å². The van der Waals surface area contributed by atoms with Crippen LogP contribution in [0.2, 0.25) is 0 Å². The Balaban J connectivity index is 0. The van der Waals surface area contributed by atoms with E-state index in [1.807, 2.05) is 6.92 Å². The van der Waals surface area contributed by atoms with E-state index in [9.17, 15) is 18.1 Å². The molecular formula is C20H41KO4S. The van der Waals surface area contributed by atoms with Crippen LogP contribution < -0.4 is 51.4 Å². The molecule has 0 fully saturated rings. The second-order valence-electron chi connectivity index (χ2n) is 7.43. The molecule has 2 unspecified atom stereocenters. The molecule has 0 aromatic carbocycles. The molecule has 0 saturated heterocycles. The summed E-state index contributed by atoms with van der Waals surface area (Å²) in [5.74, 6) is 0. The van der Waals surface area contributed by atoms with Crippen LogP contribution in [0.15, 0.2) is 0 Å². The second kappa shape index (κ2) is 19.8. The zero-order chi connectivity index (χ0) is 19.0. The molecule has 0 radical (unpaired) electrons. The number of rotatable bonds is 18. The van der Waals surface area contributed by atoms with Crippen LogP contribution in [0.5, 0.6) is 0 Å². The van der Waals surface area contributed by atoms with E-state index in [-0.39, 0.29) is 57.5 Å². The van der Waals surface area contributed by atoms with Gasteiger partial charge < -0.3 is 9.66 Å². The van der Waals surface area contributed by atoms with Gasteiger partial charge in [0.2, 0.25) is 0 Å². The summed E-state index contributed by atoms with van der Waals surface area (Å²) >= 11 is 0. The van der Waals surface area contributed by atoms with Crippen LogP contribution in [-0.4, -0.2) is 29.4 Å². The van der Waals surface area contributed by atoms with Crippen molar-refractivity contribution in [3.05, 3.63) is 0 Å². The maximum atomic E-state index is 11.4. The minimum Gasteiger partial charge on any atom is -0.748 e. The molecule has 6 heteroatoms. The van der Waals surface area contributed by atoms with Crippen molar-refractivity contribution in [2.24, 2.45) is 0 Å². The molecule has 0 aromatic heterocycles. The van der Waals surface area contributed by atoms with E-state index in [0.29, 0.717) is 12.8 Å². The number of hydrogen-bond donors (Lipinski definition) is 1. The van der Waals surface area contributed by atoms with E-state index >= 15 is 0 Å². The van der Waals surface area contributed by atoms with Gasteiger partial charge in [-0.1, -0.05) is 90.9 Å². The van der Waals surface area contributed by atoms with Gasteiger partial charge in [-0.15, -0.1) is 0 Å². The average molecular weight is 417 g/mol. The van der Waals surface area contributed by atoms with Crippen molar-refractivity contribution < 1.29 is 69.5 Å². The van der Waals surface area contributed by atoms with Gasteiger partial charge in [0.05, 0.1) is 16.2 Å². The van der Waals surface area contributed by atoms with E-state index in [0.717, 1.165) is 57.8 Å². The van der Waals surface area contributed by atoms with E-state index < -0.39 is 15.4 Å². The van der Waals surface area contributed by atoms with Crippen LogP contribution in [0.25, 0.3) is 0 Å². The Bertz CT molecular complexity index is 387. The predicted molar refractivity (Wildman–Crippen MR) is 105 cm³/mol. The number of unbranched alkanes of at least 4 members (excludes halogenated alkanes) is 10. The molecule has 0 amide bonds. The predicted octanol–water partition coefficient (Wildman–Crippen LogP) is 2.55. The molecule has 0 aliphatic heterocycles. The van der Waals surface area contributed by atoms with Gasteiger partial charge >= 0.3 is 51.4 Å². The summed E-state index contributed by atoms with van der Waals surface area (Å²) in [4.78, 5) is 0. The summed E-state index contributed by atoms with van der Waals surface area (Å²) in [5.41, 5.74) is 0. The van der Waals surface area contributed by atoms with Crippen molar-refractivity contribution in [2.45, 2.75) is 128 Å². The molecule has 0 bridgehead atoms. The first-order valence-corrected chi connectivity index (χ1v) is 12.0. The molecular weight excluding hydrogens is 375 g/mol. The maximum absolute atomic E-state index is 11.4. The van der Waals surface area contributed by atoms with Crippen LogP contribution in [0.1, 0.15) is 117 Å². The molecule has 0 rings (SSSR count). The first-order chi connectivity index (χ1) is 11.9. The smallest absolute Gasteiger partial charge is 0.748 e. The topological polar surface area (TPSA) is 77.4 Å². The second-order valence-corrected chi connectivity index (χ2v) is 9.08. The third kappa shape index (κ3) is 18.9. The minimum atomic E-state index is -4.17. The third-order valence-corrected chi connectivity index (χ3v) is 6.36. The molecule has 0 aliphatic carbocycles. The van der Waals surface area contributed by atoms with E-state index in [1.54, 1.807) is 0 Å². The van der Waals surface area contributed by atoms with Crippen molar-refractivity contribution in [1.82, 2.24) is 0 Å². The first-order valence-electron chi connectivity index (χ1n) is 10.5. The van der Waals surface area contributed by atoms with Gasteiger partial charge in [0.25, 0.3) is 0 Å². The normalized spacial score (nSPS) is 14.0. The fourth-order valence-corrected chi connectivity index (χ4v) is 4.16. The number of aliphatic hydroxyl groups excluding tert-OH is 1. The summed E-state index contributed by atoms with van der Waals surface area (Å²) in [7, 11) is -4.17. The van der Waals surface area contributed by atoms with E-state index in [2.05, 4.69) is 6.92 Å². The van der Waals surface area contributed by atoms with E-state index in [4.69, 9.17) is 0 Å². The molecule has 2 atom stereocenters. The van der Waals surface area contributed by atoms with Gasteiger partial charge in [0.15, 0.2) is 0 Å². The number of hydrogen-bond acceptors (Lipinski definition) is 4. The minimum absolute atomic E-state index is 0. The van der Waals surface area contributed by atoms with Crippen molar-refractivity contribution in [3.63, 3.8) is 0 Å². The van der Waals surface area contributed by atoms with Crippen LogP contribution >= 0.6 is 0 Å². The Labute approximate surface area is 205 Å². The molecule has 0 spiro atoms. The molecule has 26 heavy (non-hydrogen) atoms. The molecule has 152 valence electrons. The van der Waals surface area contributed by atoms with Gasteiger partial charge in [-0.3, -0.25) is 0 Å². The molecule has 0 aliphatic rings. The monoisotopic (exact) mass is 416 g/mol. The van der Waals surface area contributed by atoms with Gasteiger partial charge in [-0.25, -0.2) is 8.42 Å². The molecule has 0 aromatic rings. The molecule has 0 saturated carbocycles. The largest absolute Gasteiger partial charge is 1.00 e. The zero-order valence-corrected chi connectivity index (χ0v) is 21.5. The van der Waals surface area contributed by atoms with Gasteiger partial charge in [0.1, 0.15) is 0 Å². The Morgan fingerprint density at radius 3 is 1.50 bits per heavy atom. The first kappa shape index (κ1) is 29.7. The van der Waals surface area contributed by atoms with Crippen LogP contribution in [0.4, 0.5) is 0 Å². The van der Waals surface area contributed by atoms with Crippen molar-refractivity contribution in [1.29, 1.82) is 0 Å².